The van der Waals surface area contributed by atoms with Crippen molar-refractivity contribution in [1.29, 1.82) is 0 Å². The monoisotopic (exact) mass is 364 g/mol. The highest BCUT2D eigenvalue weighted by Crippen LogP contribution is 2.26. The number of nitrogens with one attached hydrogen (secondary N) is 2. The van der Waals surface area contributed by atoms with Crippen LogP contribution in [-0.2, 0) is 9.53 Å². The predicted octanol–water partition coefficient (Wildman–Crippen LogP) is 2.91. The van der Waals surface area contributed by atoms with Crippen LogP contribution in [0.25, 0.3) is 6.08 Å². The van der Waals surface area contributed by atoms with Gasteiger partial charge in [-0.05, 0) is 56.3 Å². The minimum atomic E-state index is -0.533. The van der Waals surface area contributed by atoms with Crippen LogP contribution in [0, 0.1) is 0 Å². The molecule has 1 saturated heterocycles. The Balaban J connectivity index is 1.77. The van der Waals surface area contributed by atoms with Gasteiger partial charge in [-0.25, -0.2) is 4.79 Å². The molecule has 7 nitrogen and oxygen atoms in total. The summed E-state index contributed by atoms with van der Waals surface area (Å²) in [5.74, 6) is 0.247. The Hall–Kier alpha value is -2.48. The summed E-state index contributed by atoms with van der Waals surface area (Å²) < 4.78 is 10.6. The molecule has 8 heteroatoms. The van der Waals surface area contributed by atoms with Crippen molar-refractivity contribution in [3.8, 4) is 5.75 Å². The van der Waals surface area contributed by atoms with Gasteiger partial charge in [0, 0.05) is 0 Å². The first-order valence-corrected chi connectivity index (χ1v) is 8.49. The summed E-state index contributed by atoms with van der Waals surface area (Å²) in [7, 11) is 0. The Bertz CT molecular complexity index is 692. The lowest BCUT2D eigenvalue weighted by Crippen LogP contribution is -2.34. The minimum Gasteiger partial charge on any atom is -0.492 e. The molecule has 1 aliphatic rings. The highest BCUT2D eigenvalue weighted by molar-refractivity contribution is 8.18. The van der Waals surface area contributed by atoms with Gasteiger partial charge in [0.25, 0.3) is 11.1 Å². The van der Waals surface area contributed by atoms with Crippen LogP contribution >= 0.6 is 11.8 Å². The van der Waals surface area contributed by atoms with Crippen LogP contribution in [0.5, 0.6) is 5.75 Å². The molecule has 0 aromatic heterocycles. The summed E-state index contributed by atoms with van der Waals surface area (Å²) in [6, 6.07) is 7.05. The number of hydrogen-bond donors (Lipinski definition) is 2. The zero-order chi connectivity index (χ0) is 18.4. The van der Waals surface area contributed by atoms with Crippen molar-refractivity contribution in [2.75, 3.05) is 13.2 Å². The van der Waals surface area contributed by atoms with Crippen LogP contribution in [0.15, 0.2) is 29.2 Å². The van der Waals surface area contributed by atoms with E-state index in [-0.39, 0.29) is 11.1 Å². The van der Waals surface area contributed by atoms with Crippen LogP contribution in [0.1, 0.15) is 26.3 Å². The molecule has 2 N–H and O–H groups in total. The normalized spacial score (nSPS) is 15.9. The summed E-state index contributed by atoms with van der Waals surface area (Å²) in [6.45, 7) is 6.00. The van der Waals surface area contributed by atoms with E-state index in [4.69, 9.17) is 9.47 Å². The number of carbonyl (C=O) groups excluding carboxylic acids is 3. The van der Waals surface area contributed by atoms with Crippen LogP contribution in [0.4, 0.5) is 9.59 Å². The molecule has 1 fully saturated rings. The number of imide groups is 1. The van der Waals surface area contributed by atoms with Gasteiger partial charge in [0.05, 0.1) is 11.4 Å². The first kappa shape index (κ1) is 18.9. The molecule has 3 amide bonds. The molecular formula is C17H20N2O5S. The Morgan fingerprint density at radius 3 is 2.48 bits per heavy atom. The second kappa shape index (κ2) is 8.06. The van der Waals surface area contributed by atoms with Gasteiger partial charge >= 0.3 is 6.09 Å². The number of amides is 3. The average molecular weight is 364 g/mol. The molecule has 0 bridgehead atoms. The molecule has 0 unspecified atom stereocenters. The van der Waals surface area contributed by atoms with Crippen molar-refractivity contribution in [3.63, 3.8) is 0 Å². The number of rotatable bonds is 5. The highest BCUT2D eigenvalue weighted by atomic mass is 32.2. The third-order valence-corrected chi connectivity index (χ3v) is 3.67. The van der Waals surface area contributed by atoms with Crippen molar-refractivity contribution >= 4 is 35.1 Å². The van der Waals surface area contributed by atoms with E-state index in [1.165, 1.54) is 0 Å². The number of ether oxygens (including phenoxy) is 2. The summed E-state index contributed by atoms with van der Waals surface area (Å²) in [5, 5.41) is 4.44. The van der Waals surface area contributed by atoms with Gasteiger partial charge in [0.2, 0.25) is 0 Å². The summed E-state index contributed by atoms with van der Waals surface area (Å²) in [5.41, 5.74) is 0.251. The maximum absolute atomic E-state index is 11.5. The SMILES string of the molecule is CC(C)(C)OC(=O)NCCOc1ccc(/C=C2\SC(=O)NC2=O)cc1. The zero-order valence-corrected chi connectivity index (χ0v) is 15.1. The largest absolute Gasteiger partial charge is 0.492 e. The smallest absolute Gasteiger partial charge is 0.407 e. The fraction of sp³-hybridized carbons (Fsp3) is 0.353. The number of alkyl carbamates (subject to hydrolysis) is 1. The van der Waals surface area contributed by atoms with Gasteiger partial charge in [-0.2, -0.15) is 0 Å². The summed E-state index contributed by atoms with van der Waals surface area (Å²) in [4.78, 5) is 34.4. The van der Waals surface area contributed by atoms with E-state index in [0.717, 1.165) is 17.3 Å². The Morgan fingerprint density at radius 2 is 1.92 bits per heavy atom. The first-order valence-electron chi connectivity index (χ1n) is 7.67. The third-order valence-electron chi connectivity index (χ3n) is 2.86. The Labute approximate surface area is 150 Å². The van der Waals surface area contributed by atoms with Crippen LogP contribution in [0.2, 0.25) is 0 Å². The van der Waals surface area contributed by atoms with Crippen molar-refractivity contribution in [1.82, 2.24) is 10.6 Å². The molecule has 1 aromatic carbocycles. The maximum atomic E-state index is 11.5. The Morgan fingerprint density at radius 1 is 1.24 bits per heavy atom. The molecule has 25 heavy (non-hydrogen) atoms. The van der Waals surface area contributed by atoms with Gasteiger partial charge in [-0.15, -0.1) is 0 Å². The fourth-order valence-electron chi connectivity index (χ4n) is 1.87. The molecular weight excluding hydrogens is 344 g/mol. The molecule has 2 rings (SSSR count). The van der Waals surface area contributed by atoms with E-state index in [2.05, 4.69) is 10.6 Å². The molecule has 0 saturated carbocycles. The summed E-state index contributed by atoms with van der Waals surface area (Å²) in [6.07, 6.45) is 1.15. The number of carbonyl (C=O) groups is 3. The van der Waals surface area contributed by atoms with Gasteiger partial charge in [-0.3, -0.25) is 14.9 Å². The van der Waals surface area contributed by atoms with Crippen molar-refractivity contribution in [2.45, 2.75) is 26.4 Å². The van der Waals surface area contributed by atoms with E-state index in [1.807, 2.05) is 0 Å². The van der Waals surface area contributed by atoms with Crippen molar-refractivity contribution in [3.05, 3.63) is 34.7 Å². The molecule has 1 aliphatic heterocycles. The lowest BCUT2D eigenvalue weighted by Gasteiger charge is -2.19. The van der Waals surface area contributed by atoms with Gasteiger partial charge < -0.3 is 14.8 Å². The van der Waals surface area contributed by atoms with Crippen LogP contribution in [0.3, 0.4) is 0 Å². The van der Waals surface area contributed by atoms with Crippen LogP contribution in [-0.4, -0.2) is 36.0 Å². The molecule has 1 heterocycles. The van der Waals surface area contributed by atoms with E-state index in [9.17, 15) is 14.4 Å². The highest BCUT2D eigenvalue weighted by Gasteiger charge is 2.24. The molecule has 0 radical (unpaired) electrons. The number of thioether (sulfide) groups is 1. The van der Waals surface area contributed by atoms with E-state index >= 15 is 0 Å². The van der Waals surface area contributed by atoms with Gasteiger partial charge in [0.15, 0.2) is 0 Å². The fourth-order valence-corrected chi connectivity index (χ4v) is 2.55. The molecule has 0 atom stereocenters. The number of benzene rings is 1. The molecule has 134 valence electrons. The second-order valence-electron chi connectivity index (χ2n) is 6.20. The minimum absolute atomic E-state index is 0.298. The van der Waals surface area contributed by atoms with Gasteiger partial charge in [-0.1, -0.05) is 12.1 Å². The zero-order valence-electron chi connectivity index (χ0n) is 14.3. The topological polar surface area (TPSA) is 93.7 Å². The Kier molecular flexibility index (Phi) is 6.08. The van der Waals surface area contributed by atoms with E-state index in [0.29, 0.717) is 23.8 Å². The second-order valence-corrected chi connectivity index (χ2v) is 7.21. The van der Waals surface area contributed by atoms with Crippen LogP contribution < -0.4 is 15.4 Å². The molecule has 0 spiro atoms. The van der Waals surface area contributed by atoms with Crippen molar-refractivity contribution in [2.24, 2.45) is 0 Å². The average Bonchev–Trinajstić information content (AvgIpc) is 2.81. The molecule has 0 aliphatic carbocycles. The lowest BCUT2D eigenvalue weighted by atomic mass is 10.2. The third kappa shape index (κ3) is 6.50. The van der Waals surface area contributed by atoms with Gasteiger partial charge in [0.1, 0.15) is 18.0 Å². The van der Waals surface area contributed by atoms with E-state index < -0.39 is 11.7 Å². The summed E-state index contributed by atoms with van der Waals surface area (Å²) >= 11 is 0.874. The predicted molar refractivity (Wildman–Crippen MR) is 95.3 cm³/mol. The maximum Gasteiger partial charge on any atom is 0.407 e. The quantitative estimate of drug-likeness (QED) is 0.616. The van der Waals surface area contributed by atoms with Crippen molar-refractivity contribution < 1.29 is 23.9 Å². The van der Waals surface area contributed by atoms with E-state index in [1.54, 1.807) is 51.1 Å². The number of hydrogen-bond acceptors (Lipinski definition) is 6. The lowest BCUT2D eigenvalue weighted by molar-refractivity contribution is -0.115. The standard InChI is InChI=1S/C17H20N2O5S/c1-17(2,3)24-15(21)18-8-9-23-12-6-4-11(5-7-12)10-13-14(20)19-16(22)25-13/h4-7,10H,8-9H2,1-3H3,(H,18,21)(H,19,20,22)/b13-10-. The molecule has 1 aromatic rings. The first-order chi connectivity index (χ1) is 11.7.